The Morgan fingerprint density at radius 3 is 2.07 bits per heavy atom. The van der Waals surface area contributed by atoms with Crippen LogP contribution >= 0.6 is 24.0 Å². The quantitative estimate of drug-likeness (QED) is 0.314. The second-order valence-electron chi connectivity index (χ2n) is 6.00. The molecule has 0 amide bonds. The molecule has 0 heterocycles. The van der Waals surface area contributed by atoms with Gasteiger partial charge in [-0.15, -0.1) is 24.0 Å². The maximum absolute atomic E-state index is 12.8. The summed E-state index contributed by atoms with van der Waals surface area (Å²) in [5.74, 6) is 2.12. The lowest BCUT2D eigenvalue weighted by Crippen LogP contribution is -2.36. The molecule has 0 radical (unpaired) electrons. The van der Waals surface area contributed by atoms with Gasteiger partial charge in [0.25, 0.3) is 0 Å². The second-order valence-corrected chi connectivity index (χ2v) is 6.00. The third-order valence-corrected chi connectivity index (χ3v) is 4.17. The molecule has 2 rings (SSSR count). The zero-order valence-corrected chi connectivity index (χ0v) is 19.4. The van der Waals surface area contributed by atoms with Crippen molar-refractivity contribution in [2.45, 2.75) is 19.3 Å². The number of benzene rings is 2. The number of nitrogens with one attached hydrogen (secondary N) is 2. The van der Waals surface area contributed by atoms with Crippen molar-refractivity contribution in [3.05, 3.63) is 53.1 Å². The first-order valence-corrected chi connectivity index (χ1v) is 8.72. The van der Waals surface area contributed by atoms with E-state index in [1.165, 1.54) is 20.3 Å². The predicted molar refractivity (Wildman–Crippen MR) is 120 cm³/mol. The Hall–Kier alpha value is -2.37. The topological polar surface area (TPSA) is 64.1 Å². The normalized spacial score (nSPS) is 11.4. The van der Waals surface area contributed by atoms with E-state index in [1.807, 2.05) is 0 Å². The van der Waals surface area contributed by atoms with Crippen molar-refractivity contribution in [1.82, 2.24) is 10.6 Å². The molecule has 0 bridgehead atoms. The van der Waals surface area contributed by atoms with Crippen LogP contribution in [0.5, 0.6) is 17.2 Å². The Kier molecular flexibility index (Phi) is 10.0. The molecule has 0 unspecified atom stereocenters. The van der Waals surface area contributed by atoms with E-state index in [4.69, 9.17) is 14.2 Å². The lowest BCUT2D eigenvalue weighted by atomic mass is 10.1. The van der Waals surface area contributed by atoms with Gasteiger partial charge >= 0.3 is 6.18 Å². The molecule has 166 valence electrons. The third-order valence-electron chi connectivity index (χ3n) is 4.17. The Morgan fingerprint density at radius 2 is 1.50 bits per heavy atom. The number of rotatable bonds is 7. The Labute approximate surface area is 190 Å². The third kappa shape index (κ3) is 6.85. The number of aliphatic imine (C=N–C) groups is 1. The van der Waals surface area contributed by atoms with Crippen LogP contribution < -0.4 is 24.8 Å². The van der Waals surface area contributed by atoms with E-state index in [0.717, 1.165) is 17.7 Å². The van der Waals surface area contributed by atoms with Gasteiger partial charge in [0.15, 0.2) is 17.5 Å². The van der Waals surface area contributed by atoms with Gasteiger partial charge in [0, 0.05) is 31.8 Å². The molecule has 2 aromatic carbocycles. The largest absolute Gasteiger partial charge is 0.496 e. The van der Waals surface area contributed by atoms with Crippen molar-refractivity contribution in [2.24, 2.45) is 4.99 Å². The molecule has 0 saturated heterocycles. The lowest BCUT2D eigenvalue weighted by molar-refractivity contribution is -0.137. The van der Waals surface area contributed by atoms with Gasteiger partial charge in [-0.25, -0.2) is 0 Å². The monoisotopic (exact) mass is 539 g/mol. The maximum atomic E-state index is 12.8. The molecule has 0 fully saturated rings. The zero-order valence-electron chi connectivity index (χ0n) is 17.1. The first-order valence-electron chi connectivity index (χ1n) is 8.72. The lowest BCUT2D eigenvalue weighted by Gasteiger charge is -2.16. The number of halogens is 4. The van der Waals surface area contributed by atoms with Gasteiger partial charge in [-0.2, -0.15) is 13.2 Å². The summed E-state index contributed by atoms with van der Waals surface area (Å²) >= 11 is 0. The van der Waals surface area contributed by atoms with Crippen molar-refractivity contribution in [2.75, 3.05) is 28.4 Å². The SMILES string of the molecule is CN=C(NCc1cccc(C(F)(F)F)c1)NCc1cc(OC)c(OC)cc1OC.I. The van der Waals surface area contributed by atoms with Crippen molar-refractivity contribution < 1.29 is 27.4 Å². The number of alkyl halides is 3. The minimum Gasteiger partial charge on any atom is -0.496 e. The second kappa shape index (κ2) is 11.7. The molecule has 0 aliphatic heterocycles. The van der Waals surface area contributed by atoms with Crippen LogP contribution in [0.15, 0.2) is 41.4 Å². The van der Waals surface area contributed by atoms with Crippen molar-refractivity contribution in [1.29, 1.82) is 0 Å². The highest BCUT2D eigenvalue weighted by molar-refractivity contribution is 14.0. The first-order chi connectivity index (χ1) is 13.8. The number of hydrogen-bond donors (Lipinski definition) is 2. The van der Waals surface area contributed by atoms with E-state index < -0.39 is 11.7 Å². The molecular formula is C20H25F3IN3O3. The Morgan fingerprint density at radius 1 is 0.900 bits per heavy atom. The standard InChI is InChI=1S/C20H24F3N3O3.HI/c1-24-19(25-11-13-6-5-7-15(8-13)20(21,22)23)26-12-14-9-17(28-3)18(29-4)10-16(14)27-2;/h5-10H,11-12H2,1-4H3,(H2,24,25,26);1H. The van der Waals surface area contributed by atoms with Gasteiger partial charge in [0.1, 0.15) is 5.75 Å². The average molecular weight is 539 g/mol. The van der Waals surface area contributed by atoms with E-state index in [1.54, 1.807) is 32.4 Å². The highest BCUT2D eigenvalue weighted by Gasteiger charge is 2.30. The van der Waals surface area contributed by atoms with Gasteiger partial charge in [-0.3, -0.25) is 4.99 Å². The Bertz CT molecular complexity index is 861. The molecule has 2 aromatic rings. The minimum absolute atomic E-state index is 0. The summed E-state index contributed by atoms with van der Waals surface area (Å²) in [7, 11) is 6.20. The van der Waals surface area contributed by atoms with E-state index >= 15 is 0 Å². The molecule has 0 aromatic heterocycles. The highest BCUT2D eigenvalue weighted by atomic mass is 127. The fourth-order valence-corrected chi connectivity index (χ4v) is 2.67. The summed E-state index contributed by atoms with van der Waals surface area (Å²) < 4.78 is 54.5. The molecule has 0 atom stereocenters. The van der Waals surface area contributed by atoms with Crippen LogP contribution in [0.2, 0.25) is 0 Å². The molecule has 10 heteroatoms. The van der Waals surface area contributed by atoms with Crippen LogP contribution in [0, 0.1) is 0 Å². The number of nitrogens with zero attached hydrogens (tertiary/aromatic N) is 1. The van der Waals surface area contributed by atoms with Gasteiger partial charge in [-0.05, 0) is 23.8 Å². The summed E-state index contributed by atoms with van der Waals surface area (Å²) in [4.78, 5) is 4.10. The smallest absolute Gasteiger partial charge is 0.416 e. The fraction of sp³-hybridized carbons (Fsp3) is 0.350. The fourth-order valence-electron chi connectivity index (χ4n) is 2.67. The zero-order chi connectivity index (χ0) is 21.4. The molecule has 30 heavy (non-hydrogen) atoms. The average Bonchev–Trinajstić information content (AvgIpc) is 2.72. The van der Waals surface area contributed by atoms with Crippen molar-refractivity contribution >= 4 is 29.9 Å². The first kappa shape index (κ1) is 25.7. The molecule has 0 aliphatic carbocycles. The van der Waals surface area contributed by atoms with Crippen LogP contribution in [-0.2, 0) is 19.3 Å². The van der Waals surface area contributed by atoms with Gasteiger partial charge in [-0.1, -0.05) is 12.1 Å². The Balaban J connectivity index is 0.00000450. The van der Waals surface area contributed by atoms with Gasteiger partial charge in [0.05, 0.1) is 26.9 Å². The van der Waals surface area contributed by atoms with Crippen molar-refractivity contribution in [3.8, 4) is 17.2 Å². The molecule has 2 N–H and O–H groups in total. The number of methoxy groups -OCH3 is 3. The molecule has 0 spiro atoms. The highest BCUT2D eigenvalue weighted by Crippen LogP contribution is 2.34. The van der Waals surface area contributed by atoms with Crippen LogP contribution in [0.3, 0.4) is 0 Å². The molecule has 0 aliphatic rings. The van der Waals surface area contributed by atoms with Gasteiger partial charge in [0.2, 0.25) is 0 Å². The number of guanidine groups is 1. The predicted octanol–water partition coefficient (Wildman–Crippen LogP) is 4.21. The van der Waals surface area contributed by atoms with Crippen LogP contribution in [0.1, 0.15) is 16.7 Å². The summed E-state index contributed by atoms with van der Waals surface area (Å²) in [6.07, 6.45) is -4.38. The molecule has 0 saturated carbocycles. The van der Waals surface area contributed by atoms with E-state index in [0.29, 0.717) is 35.3 Å². The molecular weight excluding hydrogens is 514 g/mol. The summed E-state index contributed by atoms with van der Waals surface area (Å²) in [5, 5.41) is 6.10. The van der Waals surface area contributed by atoms with Crippen molar-refractivity contribution in [3.63, 3.8) is 0 Å². The van der Waals surface area contributed by atoms with Gasteiger partial charge < -0.3 is 24.8 Å². The van der Waals surface area contributed by atoms with Crippen LogP contribution in [0.4, 0.5) is 13.2 Å². The number of hydrogen-bond acceptors (Lipinski definition) is 4. The van der Waals surface area contributed by atoms with E-state index in [2.05, 4.69) is 15.6 Å². The summed E-state index contributed by atoms with van der Waals surface area (Å²) in [5.41, 5.74) is 0.605. The summed E-state index contributed by atoms with van der Waals surface area (Å²) in [6.45, 7) is 0.540. The maximum Gasteiger partial charge on any atom is 0.416 e. The molecule has 6 nitrogen and oxygen atoms in total. The minimum atomic E-state index is -4.38. The van der Waals surface area contributed by atoms with E-state index in [-0.39, 0.29) is 30.5 Å². The van der Waals surface area contributed by atoms with Crippen LogP contribution in [0.25, 0.3) is 0 Å². The number of ether oxygens (including phenoxy) is 3. The van der Waals surface area contributed by atoms with E-state index in [9.17, 15) is 13.2 Å². The summed E-state index contributed by atoms with van der Waals surface area (Å²) in [6, 6.07) is 8.65. The van der Waals surface area contributed by atoms with Crippen LogP contribution in [-0.4, -0.2) is 34.3 Å².